The minimum absolute atomic E-state index is 0.108. The van der Waals surface area contributed by atoms with Gasteiger partial charge in [0.2, 0.25) is 0 Å². The Labute approximate surface area is 214 Å². The van der Waals surface area contributed by atoms with Crippen LogP contribution in [0.2, 0.25) is 0 Å². The SMILES string of the molecule is C=CCOC(=O)Oc1c(C)ccnc1C(=O)NC1COC(=O)C(CC)C(OC(=O)C(C)C)C(C)OC1=O. The summed E-state index contributed by atoms with van der Waals surface area (Å²) in [6.07, 6.45) is -0.263. The van der Waals surface area contributed by atoms with E-state index in [9.17, 15) is 24.0 Å². The maximum absolute atomic E-state index is 13.0. The maximum Gasteiger partial charge on any atom is 0.514 e. The molecule has 12 nitrogen and oxygen atoms in total. The van der Waals surface area contributed by atoms with Gasteiger partial charge in [-0.2, -0.15) is 0 Å². The molecule has 202 valence electrons. The number of carbonyl (C=O) groups is 5. The van der Waals surface area contributed by atoms with Gasteiger partial charge in [-0.1, -0.05) is 33.4 Å². The number of ether oxygens (including phenoxy) is 5. The lowest BCUT2D eigenvalue weighted by molar-refractivity contribution is -0.176. The summed E-state index contributed by atoms with van der Waals surface area (Å²) in [6.45, 7) is 10.8. The first-order chi connectivity index (χ1) is 17.5. The number of carbonyl (C=O) groups excluding carboxylic acids is 5. The molecule has 0 aliphatic carbocycles. The lowest BCUT2D eigenvalue weighted by Crippen LogP contribution is -2.47. The standard InChI is InChI=1S/C25H32N2O10/c1-7-11-33-25(32)37-19-14(5)9-10-26-18(19)21(28)27-17-12-34-23(30)16(8-2)20(15(6)35-24(17)31)36-22(29)13(3)4/h7,9-10,13,15-17,20H,1,8,11-12H2,2-6H3,(H,27,28). The molecule has 2 heterocycles. The van der Waals surface area contributed by atoms with Crippen molar-refractivity contribution >= 4 is 30.0 Å². The molecule has 1 aromatic heterocycles. The van der Waals surface area contributed by atoms with Crippen molar-refractivity contribution in [3.8, 4) is 5.75 Å². The van der Waals surface area contributed by atoms with Crippen LogP contribution in [0.25, 0.3) is 0 Å². The topological polar surface area (TPSA) is 156 Å². The highest BCUT2D eigenvalue weighted by molar-refractivity contribution is 5.98. The molecule has 1 fully saturated rings. The number of nitrogens with one attached hydrogen (secondary N) is 1. The summed E-state index contributed by atoms with van der Waals surface area (Å²) < 4.78 is 26.1. The Kier molecular flexibility index (Phi) is 10.6. The second-order valence-corrected chi connectivity index (χ2v) is 8.63. The van der Waals surface area contributed by atoms with Gasteiger partial charge in [0.05, 0.1) is 11.8 Å². The molecule has 2 rings (SSSR count). The third-order valence-corrected chi connectivity index (χ3v) is 5.43. The fraction of sp³-hybridized carbons (Fsp3) is 0.520. The van der Waals surface area contributed by atoms with Crippen molar-refractivity contribution in [1.82, 2.24) is 10.3 Å². The summed E-state index contributed by atoms with van der Waals surface area (Å²) in [4.78, 5) is 66.8. The smallest absolute Gasteiger partial charge is 0.463 e. The van der Waals surface area contributed by atoms with Crippen LogP contribution in [-0.2, 0) is 33.3 Å². The van der Waals surface area contributed by atoms with E-state index in [1.54, 1.807) is 27.7 Å². The normalized spacial score (nSPS) is 21.9. The Balaban J connectivity index is 2.26. The summed E-state index contributed by atoms with van der Waals surface area (Å²) in [5, 5.41) is 2.40. The van der Waals surface area contributed by atoms with Crippen LogP contribution in [0.4, 0.5) is 4.79 Å². The number of rotatable bonds is 8. The van der Waals surface area contributed by atoms with E-state index in [0.717, 1.165) is 0 Å². The molecule has 4 atom stereocenters. The number of aryl methyl sites for hydroxylation is 1. The quantitative estimate of drug-likeness (QED) is 0.305. The van der Waals surface area contributed by atoms with Gasteiger partial charge in [-0.25, -0.2) is 14.6 Å². The summed E-state index contributed by atoms with van der Waals surface area (Å²) in [5.74, 6) is -4.62. The highest BCUT2D eigenvalue weighted by Crippen LogP contribution is 2.25. The minimum atomic E-state index is -1.42. The largest absolute Gasteiger partial charge is 0.514 e. The first-order valence-electron chi connectivity index (χ1n) is 11.8. The molecular weight excluding hydrogens is 488 g/mol. The van der Waals surface area contributed by atoms with Crippen LogP contribution >= 0.6 is 0 Å². The number of esters is 3. The average Bonchev–Trinajstić information content (AvgIpc) is 2.88. The molecule has 1 N–H and O–H groups in total. The van der Waals surface area contributed by atoms with Crippen LogP contribution in [-0.4, -0.2) is 66.4 Å². The van der Waals surface area contributed by atoms with Crippen molar-refractivity contribution in [2.24, 2.45) is 11.8 Å². The van der Waals surface area contributed by atoms with Gasteiger partial charge in [0, 0.05) is 6.20 Å². The molecule has 1 amide bonds. The van der Waals surface area contributed by atoms with E-state index >= 15 is 0 Å². The maximum atomic E-state index is 13.0. The van der Waals surface area contributed by atoms with Gasteiger partial charge in [-0.3, -0.25) is 14.4 Å². The number of aromatic nitrogens is 1. The van der Waals surface area contributed by atoms with Crippen molar-refractivity contribution in [2.75, 3.05) is 13.2 Å². The summed E-state index contributed by atoms with van der Waals surface area (Å²) in [5.41, 5.74) is 0.0890. The van der Waals surface area contributed by atoms with Crippen molar-refractivity contribution in [3.63, 3.8) is 0 Å². The third kappa shape index (κ3) is 7.76. The van der Waals surface area contributed by atoms with Crippen molar-refractivity contribution in [3.05, 3.63) is 36.2 Å². The number of hydrogen-bond donors (Lipinski definition) is 1. The second kappa shape index (κ2) is 13.4. The van der Waals surface area contributed by atoms with E-state index in [1.807, 2.05) is 0 Å². The van der Waals surface area contributed by atoms with E-state index in [0.29, 0.717) is 5.56 Å². The van der Waals surface area contributed by atoms with Gasteiger partial charge in [-0.05, 0) is 31.9 Å². The summed E-state index contributed by atoms with van der Waals surface area (Å²) >= 11 is 0. The van der Waals surface area contributed by atoms with Gasteiger partial charge < -0.3 is 29.0 Å². The molecule has 37 heavy (non-hydrogen) atoms. The molecule has 0 saturated carbocycles. The predicted molar refractivity (Wildman–Crippen MR) is 127 cm³/mol. The fourth-order valence-electron chi connectivity index (χ4n) is 3.38. The lowest BCUT2D eigenvalue weighted by Gasteiger charge is -2.29. The Morgan fingerprint density at radius 2 is 1.97 bits per heavy atom. The molecule has 4 unspecified atom stereocenters. The monoisotopic (exact) mass is 520 g/mol. The van der Waals surface area contributed by atoms with Crippen molar-refractivity contribution in [2.45, 2.75) is 59.3 Å². The average molecular weight is 521 g/mol. The molecule has 12 heteroatoms. The number of pyridine rings is 1. The predicted octanol–water partition coefficient (Wildman–Crippen LogP) is 2.27. The minimum Gasteiger partial charge on any atom is -0.463 e. The molecule has 0 spiro atoms. The van der Waals surface area contributed by atoms with Gasteiger partial charge in [-0.15, -0.1) is 0 Å². The third-order valence-electron chi connectivity index (χ3n) is 5.43. The summed E-state index contributed by atoms with van der Waals surface area (Å²) in [7, 11) is 0. The van der Waals surface area contributed by atoms with E-state index in [-0.39, 0.29) is 24.5 Å². The number of nitrogens with zero attached hydrogens (tertiary/aromatic N) is 1. The first-order valence-corrected chi connectivity index (χ1v) is 11.8. The molecule has 0 aromatic carbocycles. The number of cyclic esters (lactones) is 2. The molecule has 1 aromatic rings. The zero-order chi connectivity index (χ0) is 27.7. The fourth-order valence-corrected chi connectivity index (χ4v) is 3.38. The summed E-state index contributed by atoms with van der Waals surface area (Å²) in [6, 6.07) is 0.0903. The molecule has 0 bridgehead atoms. The van der Waals surface area contributed by atoms with Crippen LogP contribution in [0, 0.1) is 18.8 Å². The van der Waals surface area contributed by atoms with E-state index in [4.69, 9.17) is 23.7 Å². The van der Waals surface area contributed by atoms with Crippen LogP contribution in [0.3, 0.4) is 0 Å². The Bertz CT molecular complexity index is 1040. The van der Waals surface area contributed by atoms with Crippen molar-refractivity contribution < 1.29 is 47.7 Å². The molecule has 0 radical (unpaired) electrons. The van der Waals surface area contributed by atoms with E-state index in [1.165, 1.54) is 25.3 Å². The Morgan fingerprint density at radius 1 is 1.27 bits per heavy atom. The van der Waals surface area contributed by atoms with Crippen LogP contribution < -0.4 is 10.1 Å². The van der Waals surface area contributed by atoms with Crippen LogP contribution in [0.1, 0.15) is 50.2 Å². The molecular formula is C25H32N2O10. The highest BCUT2D eigenvalue weighted by atomic mass is 16.7. The first kappa shape index (κ1) is 29.3. The van der Waals surface area contributed by atoms with Crippen LogP contribution in [0.15, 0.2) is 24.9 Å². The Morgan fingerprint density at radius 3 is 2.59 bits per heavy atom. The number of hydrogen-bond acceptors (Lipinski definition) is 11. The van der Waals surface area contributed by atoms with Gasteiger partial charge in [0.15, 0.2) is 23.6 Å². The van der Waals surface area contributed by atoms with E-state index < -0.39 is 66.7 Å². The Hall–Kier alpha value is -3.96. The van der Waals surface area contributed by atoms with Gasteiger partial charge in [0.1, 0.15) is 19.3 Å². The highest BCUT2D eigenvalue weighted by Gasteiger charge is 2.41. The van der Waals surface area contributed by atoms with Gasteiger partial charge in [0.25, 0.3) is 5.91 Å². The van der Waals surface area contributed by atoms with E-state index in [2.05, 4.69) is 16.9 Å². The lowest BCUT2D eigenvalue weighted by atomic mass is 9.95. The molecule has 1 aliphatic rings. The zero-order valence-electron chi connectivity index (χ0n) is 21.5. The molecule has 1 aliphatic heterocycles. The zero-order valence-corrected chi connectivity index (χ0v) is 21.5. The van der Waals surface area contributed by atoms with Gasteiger partial charge >= 0.3 is 24.1 Å². The number of amides is 1. The van der Waals surface area contributed by atoms with Crippen molar-refractivity contribution in [1.29, 1.82) is 0 Å². The molecule has 1 saturated heterocycles. The second-order valence-electron chi connectivity index (χ2n) is 8.63. The van der Waals surface area contributed by atoms with Crippen LogP contribution in [0.5, 0.6) is 5.75 Å².